The molecule has 5 heterocycles. The van der Waals surface area contributed by atoms with Crippen molar-refractivity contribution in [3.63, 3.8) is 0 Å². The first-order valence-corrected chi connectivity index (χ1v) is 10.3. The van der Waals surface area contributed by atoms with Crippen molar-refractivity contribution in [1.29, 1.82) is 0 Å². The molecule has 0 unspecified atom stereocenters. The summed E-state index contributed by atoms with van der Waals surface area (Å²) in [5, 5.41) is 13.5. The van der Waals surface area contributed by atoms with E-state index in [1.807, 2.05) is 35.6 Å². The van der Waals surface area contributed by atoms with Gasteiger partial charge in [0.25, 0.3) is 0 Å². The molecule has 0 spiro atoms. The Hall–Kier alpha value is -2.48. The van der Waals surface area contributed by atoms with Gasteiger partial charge in [0.1, 0.15) is 11.6 Å². The molecule has 2 aliphatic heterocycles. The molecule has 2 aliphatic rings. The summed E-state index contributed by atoms with van der Waals surface area (Å²) in [6.07, 6.45) is 8.12. The van der Waals surface area contributed by atoms with Crippen molar-refractivity contribution in [1.82, 2.24) is 34.3 Å². The fraction of sp³-hybridized carbons (Fsp3) is 0.600. The van der Waals surface area contributed by atoms with Crippen molar-refractivity contribution in [2.45, 2.75) is 51.1 Å². The molecule has 3 aromatic rings. The zero-order valence-corrected chi connectivity index (χ0v) is 16.8. The number of anilines is 1. The molecule has 1 fully saturated rings. The lowest BCUT2D eigenvalue weighted by Gasteiger charge is -2.30. The molecule has 0 aliphatic carbocycles. The van der Waals surface area contributed by atoms with Gasteiger partial charge in [0.05, 0.1) is 5.69 Å². The fourth-order valence-corrected chi connectivity index (χ4v) is 4.42. The Labute approximate surface area is 165 Å². The highest BCUT2D eigenvalue weighted by molar-refractivity contribution is 5.45. The van der Waals surface area contributed by atoms with Crippen LogP contribution in [0.1, 0.15) is 48.9 Å². The normalized spacial score (nSPS) is 18.5. The highest BCUT2D eigenvalue weighted by Gasteiger charge is 2.26. The van der Waals surface area contributed by atoms with Gasteiger partial charge in [0, 0.05) is 45.7 Å². The highest BCUT2D eigenvalue weighted by Crippen LogP contribution is 2.28. The quantitative estimate of drug-likeness (QED) is 0.691. The number of rotatable bonds is 4. The Morgan fingerprint density at radius 2 is 1.93 bits per heavy atom. The molecule has 0 N–H and O–H groups in total. The van der Waals surface area contributed by atoms with Gasteiger partial charge in [-0.25, -0.2) is 4.98 Å². The number of fused-ring (bicyclic) bond motifs is 2. The Morgan fingerprint density at radius 1 is 1.07 bits per heavy atom. The number of aromatic nitrogens is 6. The number of likely N-dealkylation sites (tertiary alicyclic amines) is 1. The molecule has 0 amide bonds. The van der Waals surface area contributed by atoms with E-state index in [4.69, 9.17) is 10.1 Å². The third kappa shape index (κ3) is 3.26. The van der Waals surface area contributed by atoms with Crippen molar-refractivity contribution in [2.24, 2.45) is 0 Å². The van der Waals surface area contributed by atoms with Crippen molar-refractivity contribution in [3.8, 4) is 0 Å². The van der Waals surface area contributed by atoms with E-state index in [0.29, 0.717) is 5.92 Å². The lowest BCUT2D eigenvalue weighted by molar-refractivity contribution is 0.199. The molecular weight excluding hydrogens is 352 g/mol. The van der Waals surface area contributed by atoms with Gasteiger partial charge in [-0.15, -0.1) is 15.3 Å². The monoisotopic (exact) mass is 380 g/mol. The molecule has 0 aromatic carbocycles. The molecule has 8 nitrogen and oxygen atoms in total. The first-order valence-electron chi connectivity index (χ1n) is 10.3. The van der Waals surface area contributed by atoms with Crippen molar-refractivity contribution in [3.05, 3.63) is 35.7 Å². The van der Waals surface area contributed by atoms with Gasteiger partial charge in [-0.2, -0.15) is 4.52 Å². The minimum absolute atomic E-state index is 0.409. The Bertz CT molecular complexity index is 940. The summed E-state index contributed by atoms with van der Waals surface area (Å²) >= 11 is 0. The zero-order chi connectivity index (χ0) is 19.1. The molecular formula is C20H28N8. The van der Waals surface area contributed by atoms with Crippen LogP contribution >= 0.6 is 0 Å². The second kappa shape index (κ2) is 7.16. The number of nitrogens with zero attached hydrogens (tertiary/aromatic N) is 8. The van der Waals surface area contributed by atoms with Crippen LogP contribution in [0.3, 0.4) is 0 Å². The van der Waals surface area contributed by atoms with Crippen LogP contribution in [0.2, 0.25) is 0 Å². The van der Waals surface area contributed by atoms with E-state index in [1.54, 1.807) is 0 Å². The van der Waals surface area contributed by atoms with Crippen LogP contribution < -0.4 is 4.90 Å². The molecule has 28 heavy (non-hydrogen) atoms. The van der Waals surface area contributed by atoms with Crippen LogP contribution in [0.25, 0.3) is 5.65 Å². The van der Waals surface area contributed by atoms with E-state index in [2.05, 4.69) is 25.9 Å². The number of aryl methyl sites for hydroxylation is 2. The second-order valence-corrected chi connectivity index (χ2v) is 8.26. The number of imidazole rings is 1. The van der Waals surface area contributed by atoms with Crippen LogP contribution in [0.15, 0.2) is 18.3 Å². The summed E-state index contributed by atoms with van der Waals surface area (Å²) in [5.74, 6) is 3.60. The Morgan fingerprint density at radius 3 is 2.71 bits per heavy atom. The fourth-order valence-electron chi connectivity index (χ4n) is 4.42. The third-order valence-corrected chi connectivity index (χ3v) is 6.03. The summed E-state index contributed by atoms with van der Waals surface area (Å²) in [4.78, 5) is 9.39. The maximum atomic E-state index is 4.86. The number of piperidine rings is 1. The maximum Gasteiger partial charge on any atom is 0.178 e. The van der Waals surface area contributed by atoms with E-state index < -0.39 is 0 Å². The van der Waals surface area contributed by atoms with Gasteiger partial charge in [-0.3, -0.25) is 4.90 Å². The summed E-state index contributed by atoms with van der Waals surface area (Å²) in [6.45, 7) is 4.22. The Kier molecular flexibility index (Phi) is 4.50. The van der Waals surface area contributed by atoms with Crippen LogP contribution in [0, 0.1) is 0 Å². The molecule has 0 saturated carbocycles. The van der Waals surface area contributed by atoms with Gasteiger partial charge < -0.3 is 9.47 Å². The van der Waals surface area contributed by atoms with Gasteiger partial charge >= 0.3 is 0 Å². The van der Waals surface area contributed by atoms with Crippen molar-refractivity contribution >= 4 is 11.5 Å². The number of hydrogen-bond acceptors (Lipinski definition) is 6. The SMILES string of the molecule is CN(C)c1ccc2nnc(C3CCN(Cc4cn5c(n4)CCCC5)CC3)n2n1. The largest absolute Gasteiger partial charge is 0.361 e. The first kappa shape index (κ1) is 17.6. The number of hydrogen-bond donors (Lipinski definition) is 0. The third-order valence-electron chi connectivity index (χ3n) is 6.03. The molecule has 148 valence electrons. The lowest BCUT2D eigenvalue weighted by atomic mass is 9.96. The van der Waals surface area contributed by atoms with Crippen LogP contribution in [-0.4, -0.2) is 61.4 Å². The van der Waals surface area contributed by atoms with Gasteiger partial charge in [0.2, 0.25) is 0 Å². The van der Waals surface area contributed by atoms with Crippen molar-refractivity contribution in [2.75, 3.05) is 32.1 Å². The van der Waals surface area contributed by atoms with Gasteiger partial charge in [0.15, 0.2) is 11.5 Å². The standard InChI is InChI=1S/C20H28N8/c1-25(2)19-7-6-18-22-23-20(28(18)24-19)15-8-11-26(12-9-15)13-16-14-27-10-4-3-5-17(27)21-16/h6-7,14-15H,3-5,8-13H2,1-2H3. The van der Waals surface area contributed by atoms with Crippen LogP contribution in [0.4, 0.5) is 5.82 Å². The minimum atomic E-state index is 0.409. The smallest absolute Gasteiger partial charge is 0.178 e. The lowest BCUT2D eigenvalue weighted by Crippen LogP contribution is -2.33. The topological polar surface area (TPSA) is 67.4 Å². The molecule has 0 radical (unpaired) electrons. The van der Waals surface area contributed by atoms with Gasteiger partial charge in [-0.1, -0.05) is 0 Å². The molecule has 3 aromatic heterocycles. The average molecular weight is 381 g/mol. The average Bonchev–Trinajstić information content (AvgIpc) is 3.31. The molecule has 0 bridgehead atoms. The first-order chi connectivity index (χ1) is 13.7. The summed E-state index contributed by atoms with van der Waals surface area (Å²) in [5.41, 5.74) is 2.05. The van der Waals surface area contributed by atoms with Crippen molar-refractivity contribution < 1.29 is 0 Å². The van der Waals surface area contributed by atoms with E-state index in [0.717, 1.165) is 62.7 Å². The Balaban J connectivity index is 1.26. The van der Waals surface area contributed by atoms with Crippen LogP contribution in [0.5, 0.6) is 0 Å². The second-order valence-electron chi connectivity index (χ2n) is 8.26. The summed E-state index contributed by atoms with van der Waals surface area (Å²) in [6, 6.07) is 3.98. The summed E-state index contributed by atoms with van der Waals surface area (Å²) in [7, 11) is 4.01. The minimum Gasteiger partial charge on any atom is -0.361 e. The molecule has 5 rings (SSSR count). The van der Waals surface area contributed by atoms with Gasteiger partial charge in [-0.05, 0) is 50.9 Å². The maximum absolute atomic E-state index is 4.86. The van der Waals surface area contributed by atoms with E-state index in [9.17, 15) is 0 Å². The van der Waals surface area contributed by atoms with E-state index in [-0.39, 0.29) is 0 Å². The predicted octanol–water partition coefficient (Wildman–Crippen LogP) is 2.10. The molecule has 0 atom stereocenters. The zero-order valence-electron chi connectivity index (χ0n) is 16.8. The molecule has 8 heteroatoms. The summed E-state index contributed by atoms with van der Waals surface area (Å²) < 4.78 is 4.28. The van der Waals surface area contributed by atoms with E-state index in [1.165, 1.54) is 24.4 Å². The molecule has 1 saturated heterocycles. The van der Waals surface area contributed by atoms with Crippen LogP contribution in [-0.2, 0) is 19.5 Å². The highest BCUT2D eigenvalue weighted by atomic mass is 15.4. The van der Waals surface area contributed by atoms with E-state index >= 15 is 0 Å². The predicted molar refractivity (Wildman–Crippen MR) is 108 cm³/mol.